The van der Waals surface area contributed by atoms with Crippen molar-refractivity contribution >= 4 is 27.5 Å². The van der Waals surface area contributed by atoms with E-state index < -0.39 is 23.6 Å². The van der Waals surface area contributed by atoms with E-state index in [2.05, 4.69) is 4.99 Å². The molecule has 0 saturated carbocycles. The van der Waals surface area contributed by atoms with Gasteiger partial charge in [-0.05, 0) is 18.2 Å². The molecule has 1 amide bonds. The van der Waals surface area contributed by atoms with E-state index in [1.807, 2.05) is 0 Å². The molecule has 0 saturated heterocycles. The number of amides is 1. The number of hydrogen-bond donors (Lipinski definition) is 0. The predicted octanol–water partition coefficient (Wildman–Crippen LogP) is 2.79. The van der Waals surface area contributed by atoms with Crippen LogP contribution in [0, 0.1) is 11.6 Å². The second-order valence-electron chi connectivity index (χ2n) is 5.49. The number of aromatic nitrogens is 1. The van der Waals surface area contributed by atoms with E-state index in [0.29, 0.717) is 16.2 Å². The Morgan fingerprint density at radius 2 is 2.04 bits per heavy atom. The number of rotatable bonds is 1. The fourth-order valence-corrected chi connectivity index (χ4v) is 3.68. The minimum atomic E-state index is -0.887. The normalized spacial score (nSPS) is 17.1. The molecule has 1 aliphatic rings. The van der Waals surface area contributed by atoms with Crippen LogP contribution in [0.15, 0.2) is 41.4 Å². The molecule has 4 rings (SSSR count). The molecule has 1 aliphatic heterocycles. The molecule has 3 aromatic rings. The van der Waals surface area contributed by atoms with Crippen molar-refractivity contribution in [2.24, 2.45) is 12.0 Å². The molecule has 0 radical (unpaired) electrons. The molecule has 1 aromatic heterocycles. The lowest BCUT2D eigenvalue weighted by molar-refractivity contribution is -0.127. The first-order valence-corrected chi connectivity index (χ1v) is 8.26. The number of para-hydroxylation sites is 2. The van der Waals surface area contributed by atoms with Gasteiger partial charge in [0.05, 0.1) is 10.2 Å². The first kappa shape index (κ1) is 15.8. The van der Waals surface area contributed by atoms with E-state index in [1.54, 1.807) is 31.3 Å². The number of benzene rings is 2. The maximum Gasteiger partial charge on any atom is 0.292 e. The van der Waals surface area contributed by atoms with Crippen molar-refractivity contribution in [1.29, 1.82) is 0 Å². The molecular formula is C17H12F2N2O3S. The molecule has 0 fully saturated rings. The Morgan fingerprint density at radius 1 is 1.28 bits per heavy atom. The second-order valence-corrected chi connectivity index (χ2v) is 6.50. The fourth-order valence-electron chi connectivity index (χ4n) is 2.61. The Bertz CT molecular complexity index is 1060. The highest BCUT2D eigenvalue weighted by molar-refractivity contribution is 7.16. The quantitative estimate of drug-likeness (QED) is 0.669. The molecular weight excluding hydrogens is 350 g/mol. The smallest absolute Gasteiger partial charge is 0.292 e. The molecule has 25 heavy (non-hydrogen) atoms. The van der Waals surface area contributed by atoms with Gasteiger partial charge in [-0.3, -0.25) is 4.79 Å². The van der Waals surface area contributed by atoms with Crippen LogP contribution in [0.4, 0.5) is 8.78 Å². The highest BCUT2D eigenvalue weighted by atomic mass is 32.1. The molecule has 2 aromatic carbocycles. The summed E-state index contributed by atoms with van der Waals surface area (Å²) in [6, 6.07) is 9.04. The lowest BCUT2D eigenvalue weighted by Crippen LogP contribution is -2.36. The maximum absolute atomic E-state index is 14.0. The molecule has 1 unspecified atom stereocenters. The Labute approximate surface area is 144 Å². The van der Waals surface area contributed by atoms with Crippen molar-refractivity contribution in [3.63, 3.8) is 0 Å². The van der Waals surface area contributed by atoms with E-state index in [-0.39, 0.29) is 16.9 Å². The van der Waals surface area contributed by atoms with E-state index in [4.69, 9.17) is 9.47 Å². The van der Waals surface area contributed by atoms with Gasteiger partial charge in [-0.2, -0.15) is 4.99 Å². The topological polar surface area (TPSA) is 52.8 Å². The van der Waals surface area contributed by atoms with Crippen LogP contribution in [0.25, 0.3) is 10.2 Å². The summed E-state index contributed by atoms with van der Waals surface area (Å²) < 4.78 is 40.2. The third kappa shape index (κ3) is 2.78. The van der Waals surface area contributed by atoms with Crippen molar-refractivity contribution in [3.05, 3.63) is 52.8 Å². The number of halogens is 2. The van der Waals surface area contributed by atoms with Gasteiger partial charge >= 0.3 is 0 Å². The number of hydrogen-bond acceptors (Lipinski definition) is 4. The van der Waals surface area contributed by atoms with E-state index >= 15 is 0 Å². The second kappa shape index (κ2) is 5.96. The average Bonchev–Trinajstić information content (AvgIpc) is 2.90. The van der Waals surface area contributed by atoms with Gasteiger partial charge in [0.15, 0.2) is 22.1 Å². The molecule has 1 atom stereocenters. The summed E-state index contributed by atoms with van der Waals surface area (Å²) in [4.78, 5) is 16.7. The van der Waals surface area contributed by atoms with Gasteiger partial charge in [0, 0.05) is 13.1 Å². The molecule has 8 heteroatoms. The van der Waals surface area contributed by atoms with E-state index in [0.717, 1.165) is 17.4 Å². The largest absolute Gasteiger partial charge is 0.485 e. The van der Waals surface area contributed by atoms with Crippen LogP contribution in [0.1, 0.15) is 0 Å². The molecule has 0 spiro atoms. The summed E-state index contributed by atoms with van der Waals surface area (Å²) in [6.07, 6.45) is -0.887. The maximum atomic E-state index is 14.0. The Balaban J connectivity index is 1.70. The Kier molecular flexibility index (Phi) is 3.76. The molecule has 2 heterocycles. The van der Waals surface area contributed by atoms with Gasteiger partial charge in [-0.25, -0.2) is 8.78 Å². The van der Waals surface area contributed by atoms with Crippen LogP contribution >= 0.6 is 11.3 Å². The zero-order valence-corrected chi connectivity index (χ0v) is 13.8. The average molecular weight is 362 g/mol. The van der Waals surface area contributed by atoms with Crippen molar-refractivity contribution < 1.29 is 23.0 Å². The van der Waals surface area contributed by atoms with E-state index in [1.165, 1.54) is 10.6 Å². The van der Waals surface area contributed by atoms with Gasteiger partial charge in [-0.15, -0.1) is 0 Å². The number of thiazole rings is 1. The van der Waals surface area contributed by atoms with Gasteiger partial charge in [0.2, 0.25) is 6.10 Å². The zero-order chi connectivity index (χ0) is 17.6. The van der Waals surface area contributed by atoms with Crippen molar-refractivity contribution in [1.82, 2.24) is 4.57 Å². The number of fused-ring (bicyclic) bond motifs is 2. The molecule has 0 aliphatic carbocycles. The summed E-state index contributed by atoms with van der Waals surface area (Å²) >= 11 is 1.03. The minimum Gasteiger partial charge on any atom is -0.485 e. The third-order valence-corrected chi connectivity index (χ3v) is 4.89. The minimum absolute atomic E-state index is 0.0386. The molecule has 128 valence electrons. The SMILES string of the molecule is Cn1c(=NC(=O)C2COc3ccccc3O2)sc2cc(F)cc(F)c21. The summed E-state index contributed by atoms with van der Waals surface area (Å²) in [7, 11) is 1.57. The zero-order valence-electron chi connectivity index (χ0n) is 13.0. The van der Waals surface area contributed by atoms with Crippen molar-refractivity contribution in [2.75, 3.05) is 6.61 Å². The standard InChI is InChI=1S/C17H12F2N2O3S/c1-21-15-10(19)6-9(18)7-14(15)25-17(21)20-16(22)13-8-23-11-4-2-3-5-12(11)24-13/h2-7,13H,8H2,1H3. The highest BCUT2D eigenvalue weighted by Crippen LogP contribution is 2.31. The first-order valence-electron chi connectivity index (χ1n) is 7.44. The Morgan fingerprint density at radius 3 is 2.84 bits per heavy atom. The lowest BCUT2D eigenvalue weighted by Gasteiger charge is -2.23. The van der Waals surface area contributed by atoms with Gasteiger partial charge in [0.1, 0.15) is 12.4 Å². The summed E-state index contributed by atoms with van der Waals surface area (Å²) in [5, 5.41) is 0. The number of carbonyl (C=O) groups excluding carboxylic acids is 1. The molecule has 0 N–H and O–H groups in total. The van der Waals surface area contributed by atoms with Crippen LogP contribution in [-0.4, -0.2) is 23.2 Å². The van der Waals surface area contributed by atoms with Crippen molar-refractivity contribution in [3.8, 4) is 11.5 Å². The molecule has 5 nitrogen and oxygen atoms in total. The summed E-state index contributed by atoms with van der Waals surface area (Å²) in [5.41, 5.74) is 0.198. The van der Waals surface area contributed by atoms with Crippen LogP contribution in [0.3, 0.4) is 0 Å². The number of carbonyl (C=O) groups is 1. The van der Waals surface area contributed by atoms with Crippen LogP contribution in [0.2, 0.25) is 0 Å². The van der Waals surface area contributed by atoms with Crippen LogP contribution < -0.4 is 14.3 Å². The number of aryl methyl sites for hydroxylation is 1. The fraction of sp³-hybridized carbons (Fsp3) is 0.176. The summed E-state index contributed by atoms with van der Waals surface area (Å²) in [6.45, 7) is 0.0386. The van der Waals surface area contributed by atoms with Crippen molar-refractivity contribution in [2.45, 2.75) is 6.10 Å². The van der Waals surface area contributed by atoms with Gasteiger partial charge < -0.3 is 14.0 Å². The Hall–Kier alpha value is -2.74. The number of nitrogens with zero attached hydrogens (tertiary/aromatic N) is 2. The van der Waals surface area contributed by atoms with Gasteiger partial charge in [-0.1, -0.05) is 23.5 Å². The predicted molar refractivity (Wildman–Crippen MR) is 87.6 cm³/mol. The molecule has 0 bridgehead atoms. The first-order chi connectivity index (χ1) is 12.0. The monoisotopic (exact) mass is 362 g/mol. The van der Waals surface area contributed by atoms with Gasteiger partial charge in [0.25, 0.3) is 5.91 Å². The lowest BCUT2D eigenvalue weighted by atomic mass is 10.2. The summed E-state index contributed by atoms with van der Waals surface area (Å²) in [5.74, 6) is -0.885. The third-order valence-electron chi connectivity index (χ3n) is 3.81. The van der Waals surface area contributed by atoms with Crippen LogP contribution in [-0.2, 0) is 11.8 Å². The van der Waals surface area contributed by atoms with E-state index in [9.17, 15) is 13.6 Å². The van der Waals surface area contributed by atoms with Crippen LogP contribution in [0.5, 0.6) is 11.5 Å². The number of ether oxygens (including phenoxy) is 2. The highest BCUT2D eigenvalue weighted by Gasteiger charge is 2.27.